The number of carbonyl (C=O) groups excluding carboxylic acids is 3. The van der Waals surface area contributed by atoms with Crippen LogP contribution in [0, 0.1) is 0 Å². The van der Waals surface area contributed by atoms with Crippen LogP contribution in [-0.4, -0.2) is 105 Å². The summed E-state index contributed by atoms with van der Waals surface area (Å²) in [7, 11) is 1.33. The summed E-state index contributed by atoms with van der Waals surface area (Å²) in [6, 6.07) is 3.74. The van der Waals surface area contributed by atoms with E-state index < -0.39 is 107 Å². The smallest absolute Gasteiger partial charge is 0.202 e. The summed E-state index contributed by atoms with van der Waals surface area (Å²) in [5, 5.41) is 54.8. The Morgan fingerprint density at radius 2 is 1.62 bits per heavy atom. The molecule has 2 aromatic rings. The Hall–Kier alpha value is -3.47. The van der Waals surface area contributed by atoms with Gasteiger partial charge in [0.05, 0.1) is 48.2 Å². The minimum Gasteiger partial charge on any atom is -0.507 e. The average molecular weight is 658 g/mol. The lowest BCUT2D eigenvalue weighted by molar-refractivity contribution is -0.302. The molecule has 2 heterocycles. The van der Waals surface area contributed by atoms with Crippen molar-refractivity contribution < 1.29 is 63.6 Å². The number of nitrogens with two attached hydrogens (primary N) is 1. The number of Topliss-reactive ketones (excluding diaryl/α,β-unsaturated/α-hetero) is 1. The molecule has 8 unspecified atom stereocenters. The van der Waals surface area contributed by atoms with Gasteiger partial charge in [-0.25, -0.2) is 0 Å². The lowest BCUT2D eigenvalue weighted by Gasteiger charge is -2.44. The van der Waals surface area contributed by atoms with Crippen LogP contribution in [0.3, 0.4) is 0 Å². The summed E-state index contributed by atoms with van der Waals surface area (Å²) < 4.78 is 29.4. The summed E-state index contributed by atoms with van der Waals surface area (Å²) in [6.07, 6.45) is -8.10. The lowest BCUT2D eigenvalue weighted by Crippen LogP contribution is -2.56. The molecular weight excluding hydrogens is 618 g/mol. The first-order valence-electron chi connectivity index (χ1n) is 15.5. The van der Waals surface area contributed by atoms with Gasteiger partial charge in [0.15, 0.2) is 24.1 Å². The summed E-state index contributed by atoms with van der Waals surface area (Å²) in [4.78, 5) is 40.2. The zero-order chi connectivity index (χ0) is 34.1. The summed E-state index contributed by atoms with van der Waals surface area (Å²) in [5.74, 6) is -3.30. The normalized spacial score (nSPS) is 35.1. The molecule has 254 valence electrons. The number of ketones is 3. The van der Waals surface area contributed by atoms with Gasteiger partial charge in [0.2, 0.25) is 5.78 Å². The molecule has 4 aliphatic rings. The molecule has 2 aromatic carbocycles. The third kappa shape index (κ3) is 5.52. The van der Waals surface area contributed by atoms with Gasteiger partial charge in [-0.2, -0.15) is 0 Å². The molecule has 6 rings (SSSR count). The molecule has 0 spiro atoms. The molecule has 0 amide bonds. The number of hydrogen-bond donors (Lipinski definition) is 6. The molecular formula is C33H39NO13. The first kappa shape index (κ1) is 33.4. The Labute approximate surface area is 269 Å². The van der Waals surface area contributed by atoms with Gasteiger partial charge in [-0.15, -0.1) is 0 Å². The largest absolute Gasteiger partial charge is 0.507 e. The molecule has 7 N–H and O–H groups in total. The van der Waals surface area contributed by atoms with Gasteiger partial charge in [-0.05, 0) is 26.8 Å². The predicted molar refractivity (Wildman–Crippen MR) is 160 cm³/mol. The highest BCUT2D eigenvalue weighted by molar-refractivity contribution is 6.31. The highest BCUT2D eigenvalue weighted by Crippen LogP contribution is 2.52. The number of phenols is 2. The van der Waals surface area contributed by atoms with E-state index >= 15 is 0 Å². The van der Waals surface area contributed by atoms with E-state index in [2.05, 4.69) is 0 Å². The van der Waals surface area contributed by atoms with E-state index in [0.717, 1.165) is 0 Å². The molecule has 2 aliphatic heterocycles. The zero-order valence-electron chi connectivity index (χ0n) is 26.3. The predicted octanol–water partition coefficient (Wildman–Crippen LogP) is 0.910. The monoisotopic (exact) mass is 657 g/mol. The number of carbonyl (C=O) groups is 3. The maximum absolute atomic E-state index is 13.8. The van der Waals surface area contributed by atoms with Gasteiger partial charge in [-0.1, -0.05) is 12.1 Å². The fourth-order valence-corrected chi connectivity index (χ4v) is 7.15. The molecule has 47 heavy (non-hydrogen) atoms. The van der Waals surface area contributed by atoms with Gasteiger partial charge in [0.1, 0.15) is 35.1 Å². The van der Waals surface area contributed by atoms with Crippen molar-refractivity contribution in [3.8, 4) is 17.2 Å². The number of methoxy groups -OCH3 is 1. The number of hydrogen-bond acceptors (Lipinski definition) is 14. The van der Waals surface area contributed by atoms with Crippen LogP contribution in [0.5, 0.6) is 17.2 Å². The molecule has 2 aliphatic carbocycles. The van der Waals surface area contributed by atoms with Crippen LogP contribution >= 0.6 is 0 Å². The van der Waals surface area contributed by atoms with Crippen LogP contribution in [0.15, 0.2) is 18.2 Å². The van der Waals surface area contributed by atoms with Gasteiger partial charge in [0.25, 0.3) is 0 Å². The number of phenolic OH excluding ortho intramolecular Hbond substituents is 2. The second kappa shape index (κ2) is 12.2. The minimum absolute atomic E-state index is 0.0223. The Bertz CT molecular complexity index is 1600. The van der Waals surface area contributed by atoms with Crippen molar-refractivity contribution in [3.63, 3.8) is 0 Å². The van der Waals surface area contributed by atoms with Crippen molar-refractivity contribution in [3.05, 3.63) is 51.6 Å². The van der Waals surface area contributed by atoms with Gasteiger partial charge in [-0.3, -0.25) is 14.4 Å². The van der Waals surface area contributed by atoms with Crippen LogP contribution in [0.2, 0.25) is 0 Å². The van der Waals surface area contributed by atoms with Crippen LogP contribution in [0.4, 0.5) is 0 Å². The molecule has 2 fully saturated rings. The lowest BCUT2D eigenvalue weighted by atomic mass is 9.72. The molecule has 0 radical (unpaired) electrons. The summed E-state index contributed by atoms with van der Waals surface area (Å²) in [5.41, 5.74) is 3.27. The highest BCUT2D eigenvalue weighted by Gasteiger charge is 2.50. The first-order chi connectivity index (χ1) is 22.2. The number of ether oxygens (including phenoxy) is 5. The van der Waals surface area contributed by atoms with Crippen molar-refractivity contribution in [2.24, 2.45) is 5.73 Å². The third-order valence-corrected chi connectivity index (χ3v) is 9.75. The van der Waals surface area contributed by atoms with Crippen molar-refractivity contribution in [2.45, 2.75) is 107 Å². The van der Waals surface area contributed by atoms with Crippen molar-refractivity contribution in [2.75, 3.05) is 7.11 Å². The van der Waals surface area contributed by atoms with E-state index in [0.29, 0.717) is 0 Å². The number of benzene rings is 2. The van der Waals surface area contributed by atoms with E-state index in [1.165, 1.54) is 32.2 Å². The minimum atomic E-state index is -2.05. The Morgan fingerprint density at radius 3 is 2.26 bits per heavy atom. The number of rotatable bonds is 6. The van der Waals surface area contributed by atoms with Gasteiger partial charge in [0, 0.05) is 48.4 Å². The van der Waals surface area contributed by atoms with Crippen molar-refractivity contribution >= 4 is 17.3 Å². The van der Waals surface area contributed by atoms with Gasteiger partial charge >= 0.3 is 0 Å². The zero-order valence-corrected chi connectivity index (χ0v) is 26.3. The molecule has 0 bridgehead atoms. The standard InChI is InChI=1S/C33H39NO13/c1-12-27(37)18(36)9-22(44-12)47-32-13(2)45-21(8-17(32)34)46-20-11-33(42,14(3)35)10-16-24(20)31(41)26-25(29(16)39)28(38)15-6-5-7-19(43-4)23(15)30(26)40/h5-7,12-13,17-18,20-22,27,32,36-37,39,41-42H,8-11,34H2,1-4H3/t12?,13?,17?,18?,20-,21?,22?,27?,32?,33-/m0/s1. The molecule has 14 heteroatoms. The first-order valence-corrected chi connectivity index (χ1v) is 15.5. The molecule has 14 nitrogen and oxygen atoms in total. The second-order valence-corrected chi connectivity index (χ2v) is 12.8. The number of aliphatic hydroxyl groups is 3. The highest BCUT2D eigenvalue weighted by atomic mass is 16.7. The molecule has 0 saturated carbocycles. The van der Waals surface area contributed by atoms with E-state index in [-0.39, 0.29) is 47.3 Å². The molecule has 0 aromatic heterocycles. The van der Waals surface area contributed by atoms with Crippen LogP contribution in [-0.2, 0) is 30.2 Å². The van der Waals surface area contributed by atoms with Gasteiger partial charge < -0.3 is 55.0 Å². The fourth-order valence-electron chi connectivity index (χ4n) is 7.15. The maximum Gasteiger partial charge on any atom is 0.202 e. The molecule has 2 saturated heterocycles. The van der Waals surface area contributed by atoms with Crippen LogP contribution in [0.25, 0.3) is 0 Å². The van der Waals surface area contributed by atoms with E-state index in [1.54, 1.807) is 13.8 Å². The van der Waals surface area contributed by atoms with Crippen molar-refractivity contribution in [1.29, 1.82) is 0 Å². The van der Waals surface area contributed by atoms with E-state index in [1.807, 2.05) is 0 Å². The second-order valence-electron chi connectivity index (χ2n) is 12.8. The number of aliphatic hydroxyl groups excluding tert-OH is 2. The summed E-state index contributed by atoms with van der Waals surface area (Å²) >= 11 is 0. The van der Waals surface area contributed by atoms with E-state index in [4.69, 9.17) is 29.4 Å². The molecule has 10 atom stereocenters. The SMILES string of the molecule is COc1cccc2c1C(=O)c1c(O)c3c(c(O)c1C2=O)C[C@@](O)(C(C)=O)C[C@@H]3OC1CC(N)C(OC2CC(O)C(O)C(C)O2)C(C)O1. The number of fused-ring (bicyclic) bond motifs is 3. The Balaban J connectivity index is 1.33. The average Bonchev–Trinajstić information content (AvgIpc) is 3.01. The summed E-state index contributed by atoms with van der Waals surface area (Å²) in [6.45, 7) is 4.48. The Kier molecular flexibility index (Phi) is 8.68. The maximum atomic E-state index is 13.8. The van der Waals surface area contributed by atoms with E-state index in [9.17, 15) is 39.9 Å². The Morgan fingerprint density at radius 1 is 0.957 bits per heavy atom. The fraction of sp³-hybridized carbons (Fsp3) is 0.545. The quantitative estimate of drug-likeness (QED) is 0.203. The van der Waals surface area contributed by atoms with Crippen LogP contribution < -0.4 is 10.5 Å². The third-order valence-electron chi connectivity index (χ3n) is 9.75. The van der Waals surface area contributed by atoms with Crippen LogP contribution in [0.1, 0.15) is 89.1 Å². The van der Waals surface area contributed by atoms with Crippen molar-refractivity contribution in [1.82, 2.24) is 0 Å². The topological polar surface area (TPSA) is 225 Å². The number of aromatic hydroxyl groups is 2.